The molecule has 0 atom stereocenters. The van der Waals surface area contributed by atoms with Crippen molar-refractivity contribution < 1.29 is 25.9 Å². The fraction of sp³-hybridized carbons (Fsp3) is 0.737. The summed E-state index contributed by atoms with van der Waals surface area (Å²) in [5.41, 5.74) is 3.47. The molecule has 6 nitrogen and oxygen atoms in total. The molecule has 0 aliphatic heterocycles. The van der Waals surface area contributed by atoms with Gasteiger partial charge in [0, 0.05) is 10.8 Å². The Bertz CT molecular complexity index is 2300. The third-order valence-electron chi connectivity index (χ3n) is 18.0. The second-order valence-electron chi connectivity index (χ2n) is 25.6. The van der Waals surface area contributed by atoms with Crippen LogP contribution in [0.1, 0.15) is 358 Å². The van der Waals surface area contributed by atoms with Gasteiger partial charge in [0.1, 0.15) is 20.2 Å². The number of rotatable bonds is 54. The first-order chi connectivity index (χ1) is 41.0. The van der Waals surface area contributed by atoms with Gasteiger partial charge in [0.05, 0.1) is 9.79 Å². The van der Waals surface area contributed by atoms with Gasteiger partial charge >= 0.3 is 48.9 Å². The largest absolute Gasteiger partial charge is 2.00 e. The van der Waals surface area contributed by atoms with E-state index in [-0.39, 0.29) is 58.7 Å². The monoisotopic (exact) mass is 1340 g/mol. The number of benzene rings is 4. The maximum atomic E-state index is 12.6. The number of hydrogen-bond donors (Lipinski definition) is 0. The Morgan fingerprint density at radius 2 is 0.435 bits per heavy atom. The van der Waals surface area contributed by atoms with Crippen LogP contribution in [0, 0.1) is 0 Å². The molecule has 85 heavy (non-hydrogen) atoms. The van der Waals surface area contributed by atoms with E-state index in [0.29, 0.717) is 34.7 Å². The zero-order valence-electron chi connectivity index (χ0n) is 55.5. The molecule has 0 unspecified atom stereocenters. The Balaban J connectivity index is 0.000000573. The summed E-state index contributed by atoms with van der Waals surface area (Å²) in [6, 6.07) is 19.8. The SMILES string of the molecule is CCCCCCCCCCCCCCc1ccc2cccc(CCCCCCCCCCCCCC)c2c1S(=O)(=O)[O-].CCCCCCCCCCCCCCc1ccc2cccc(CCCCCCCCCCCCCC)c2c1S(=O)(=O)[O-].[Ba+2]. The summed E-state index contributed by atoms with van der Waals surface area (Å²) in [6.45, 7) is 9.06. The smallest absolute Gasteiger partial charge is 0.744 e. The Morgan fingerprint density at radius 1 is 0.247 bits per heavy atom. The van der Waals surface area contributed by atoms with Crippen LogP contribution in [0.5, 0.6) is 0 Å². The molecule has 0 saturated carbocycles. The van der Waals surface area contributed by atoms with Crippen molar-refractivity contribution in [1.29, 1.82) is 0 Å². The molecule has 0 spiro atoms. The summed E-state index contributed by atoms with van der Waals surface area (Å²) in [6.07, 6.45) is 64.7. The normalized spacial score (nSPS) is 11.8. The quantitative estimate of drug-likeness (QED) is 0.0247. The van der Waals surface area contributed by atoms with Gasteiger partial charge in [0.2, 0.25) is 0 Å². The Morgan fingerprint density at radius 3 is 0.635 bits per heavy atom. The van der Waals surface area contributed by atoms with Crippen LogP contribution in [0.25, 0.3) is 21.5 Å². The minimum Gasteiger partial charge on any atom is -0.744 e. The fourth-order valence-corrected chi connectivity index (χ4v) is 14.9. The van der Waals surface area contributed by atoms with E-state index in [1.807, 2.05) is 60.7 Å². The van der Waals surface area contributed by atoms with Crippen molar-refractivity contribution >= 4 is 90.7 Å². The van der Waals surface area contributed by atoms with Gasteiger partial charge in [0.25, 0.3) is 0 Å². The number of fused-ring (bicyclic) bond motifs is 2. The van der Waals surface area contributed by atoms with E-state index in [0.717, 1.165) is 86.1 Å². The van der Waals surface area contributed by atoms with Crippen molar-refractivity contribution in [2.45, 2.75) is 371 Å². The average Bonchev–Trinajstić information content (AvgIpc) is 1.35. The topological polar surface area (TPSA) is 114 Å². The van der Waals surface area contributed by atoms with E-state index in [1.165, 1.54) is 257 Å². The van der Waals surface area contributed by atoms with Crippen LogP contribution in [0.4, 0.5) is 0 Å². The zero-order valence-corrected chi connectivity index (χ0v) is 61.6. The summed E-state index contributed by atoms with van der Waals surface area (Å²) in [5.74, 6) is 0. The number of aryl methyl sites for hydroxylation is 4. The van der Waals surface area contributed by atoms with Crippen molar-refractivity contribution in [3.05, 3.63) is 82.9 Å². The van der Waals surface area contributed by atoms with E-state index in [9.17, 15) is 25.9 Å². The number of unbranched alkanes of at least 4 members (excludes halogenated alkanes) is 44. The zero-order chi connectivity index (χ0) is 60.6. The van der Waals surface area contributed by atoms with Gasteiger partial charge < -0.3 is 9.11 Å². The molecule has 0 heterocycles. The minimum absolute atomic E-state index is 0. The van der Waals surface area contributed by atoms with Gasteiger partial charge in [-0.15, -0.1) is 0 Å². The van der Waals surface area contributed by atoms with Gasteiger partial charge in [-0.25, -0.2) is 16.8 Å². The van der Waals surface area contributed by atoms with Crippen molar-refractivity contribution in [3.63, 3.8) is 0 Å². The standard InChI is InChI=1S/2C38H64O3S.Ba/c2*1-3-5-7-9-11-13-15-17-19-21-23-25-28-34-30-27-31-35-32-33-36(38(37(34)35)42(39,40)41)29-26-24-22-20-18-16-14-12-10-8-6-4-2;/h2*27,30-33H,3-26,28-29H2,1-2H3,(H,39,40,41);/q;;+2/p-2. The molecule has 0 aliphatic rings. The molecule has 4 aromatic carbocycles. The Kier molecular flexibility index (Phi) is 49.3. The minimum atomic E-state index is -4.55. The summed E-state index contributed by atoms with van der Waals surface area (Å²) < 4.78 is 75.3. The molecular weight excluding hydrogens is 1210 g/mol. The first kappa shape index (κ1) is 79.9. The van der Waals surface area contributed by atoms with E-state index in [4.69, 9.17) is 0 Å². The van der Waals surface area contributed by atoms with Gasteiger partial charge in [-0.2, -0.15) is 0 Å². The maximum absolute atomic E-state index is 12.6. The molecule has 0 fully saturated rings. The summed E-state index contributed by atoms with van der Waals surface area (Å²) in [4.78, 5) is 0.107. The van der Waals surface area contributed by atoms with Crippen LogP contribution < -0.4 is 0 Å². The van der Waals surface area contributed by atoms with Crippen LogP contribution in [-0.2, 0) is 45.9 Å². The van der Waals surface area contributed by atoms with Gasteiger partial charge in [0.15, 0.2) is 0 Å². The van der Waals surface area contributed by atoms with Gasteiger partial charge in [-0.05, 0) is 84.4 Å². The van der Waals surface area contributed by atoms with E-state index in [1.54, 1.807) is 0 Å². The molecular formula is C76H126BaO6S2. The molecule has 0 bridgehead atoms. The molecule has 4 rings (SSSR count). The van der Waals surface area contributed by atoms with E-state index < -0.39 is 20.2 Å². The van der Waals surface area contributed by atoms with E-state index in [2.05, 4.69) is 27.7 Å². The molecule has 0 aliphatic carbocycles. The third kappa shape index (κ3) is 37.0. The molecule has 0 aromatic heterocycles. The van der Waals surface area contributed by atoms with Crippen molar-refractivity contribution in [2.24, 2.45) is 0 Å². The summed E-state index contributed by atoms with van der Waals surface area (Å²) >= 11 is 0. The number of hydrogen-bond acceptors (Lipinski definition) is 6. The van der Waals surface area contributed by atoms with Crippen LogP contribution in [-0.4, -0.2) is 74.8 Å². The molecule has 0 N–H and O–H groups in total. The predicted octanol–water partition coefficient (Wildman–Crippen LogP) is 24.1. The molecule has 4 aromatic rings. The first-order valence-electron chi connectivity index (χ1n) is 36.0. The van der Waals surface area contributed by atoms with Crippen molar-refractivity contribution in [2.75, 3.05) is 0 Å². The van der Waals surface area contributed by atoms with E-state index >= 15 is 0 Å². The second kappa shape index (κ2) is 52.4. The van der Waals surface area contributed by atoms with Crippen LogP contribution >= 0.6 is 0 Å². The molecule has 0 saturated heterocycles. The van der Waals surface area contributed by atoms with Gasteiger partial charge in [-0.3, -0.25) is 0 Å². The second-order valence-corrected chi connectivity index (χ2v) is 28.2. The van der Waals surface area contributed by atoms with Crippen LogP contribution in [0.15, 0.2) is 70.5 Å². The first-order valence-corrected chi connectivity index (χ1v) is 38.8. The predicted molar refractivity (Wildman–Crippen MR) is 369 cm³/mol. The molecule has 0 amide bonds. The van der Waals surface area contributed by atoms with Crippen LogP contribution in [0.2, 0.25) is 0 Å². The summed E-state index contributed by atoms with van der Waals surface area (Å²) in [5, 5.41) is 3.12. The average molecular weight is 1340 g/mol. The Hall–Kier alpha value is -1.21. The molecule has 9 heteroatoms. The third-order valence-corrected chi connectivity index (χ3v) is 20.0. The van der Waals surface area contributed by atoms with Crippen molar-refractivity contribution in [3.8, 4) is 0 Å². The summed E-state index contributed by atoms with van der Waals surface area (Å²) in [7, 11) is -9.11. The molecule has 480 valence electrons. The Labute approximate surface area is 565 Å². The fourth-order valence-electron chi connectivity index (χ4n) is 12.9. The van der Waals surface area contributed by atoms with Crippen molar-refractivity contribution in [1.82, 2.24) is 0 Å². The molecule has 0 radical (unpaired) electrons. The van der Waals surface area contributed by atoms with Crippen LogP contribution in [0.3, 0.4) is 0 Å². The van der Waals surface area contributed by atoms with Gasteiger partial charge in [-0.1, -0.05) is 371 Å². The maximum Gasteiger partial charge on any atom is 2.00 e.